The average molecular weight is 264 g/mol. The SMILES string of the molecule is CCCCCCCCONC(=O)c1ccccc1N. The number of amides is 1. The van der Waals surface area contributed by atoms with Gasteiger partial charge in [-0.3, -0.25) is 9.63 Å². The van der Waals surface area contributed by atoms with Crippen LogP contribution in [-0.4, -0.2) is 12.5 Å². The average Bonchev–Trinajstić information content (AvgIpc) is 2.42. The van der Waals surface area contributed by atoms with Crippen molar-refractivity contribution in [3.8, 4) is 0 Å². The van der Waals surface area contributed by atoms with E-state index in [4.69, 9.17) is 10.6 Å². The molecule has 1 aromatic rings. The molecule has 0 aliphatic rings. The number of nitrogen functional groups attached to an aromatic ring is 1. The van der Waals surface area contributed by atoms with Crippen molar-refractivity contribution >= 4 is 11.6 Å². The molecular formula is C15H24N2O2. The molecule has 0 saturated heterocycles. The molecule has 4 nitrogen and oxygen atoms in total. The monoisotopic (exact) mass is 264 g/mol. The highest BCUT2D eigenvalue weighted by Gasteiger charge is 2.07. The van der Waals surface area contributed by atoms with E-state index in [0.29, 0.717) is 17.9 Å². The number of hydrogen-bond donors (Lipinski definition) is 2. The Labute approximate surface area is 115 Å². The third kappa shape index (κ3) is 6.25. The Morgan fingerprint density at radius 3 is 2.58 bits per heavy atom. The van der Waals surface area contributed by atoms with Gasteiger partial charge in [0.15, 0.2) is 0 Å². The number of carbonyl (C=O) groups excluding carboxylic acids is 1. The highest BCUT2D eigenvalue weighted by atomic mass is 16.6. The van der Waals surface area contributed by atoms with Crippen molar-refractivity contribution in [2.45, 2.75) is 45.4 Å². The number of hydrogen-bond acceptors (Lipinski definition) is 3. The summed E-state index contributed by atoms with van der Waals surface area (Å²) in [5.41, 5.74) is 9.04. The molecule has 1 amide bonds. The first-order valence-electron chi connectivity index (χ1n) is 7.02. The van der Waals surface area contributed by atoms with Crippen LogP contribution in [0, 0.1) is 0 Å². The van der Waals surface area contributed by atoms with Crippen LogP contribution in [0.3, 0.4) is 0 Å². The molecule has 106 valence electrons. The maximum atomic E-state index is 11.7. The van der Waals surface area contributed by atoms with Crippen LogP contribution in [0.5, 0.6) is 0 Å². The molecule has 3 N–H and O–H groups in total. The lowest BCUT2D eigenvalue weighted by Gasteiger charge is -2.07. The lowest BCUT2D eigenvalue weighted by molar-refractivity contribution is 0.0298. The van der Waals surface area contributed by atoms with Crippen LogP contribution in [0.4, 0.5) is 5.69 Å². The van der Waals surface area contributed by atoms with Crippen LogP contribution in [-0.2, 0) is 4.84 Å². The van der Waals surface area contributed by atoms with Crippen LogP contribution in [0.25, 0.3) is 0 Å². The number of anilines is 1. The molecule has 0 atom stereocenters. The quantitative estimate of drug-likeness (QED) is 0.408. The zero-order valence-electron chi connectivity index (χ0n) is 11.7. The smallest absolute Gasteiger partial charge is 0.276 e. The van der Waals surface area contributed by atoms with E-state index in [9.17, 15) is 4.79 Å². The van der Waals surface area contributed by atoms with Gasteiger partial charge in [0.2, 0.25) is 0 Å². The second-order valence-corrected chi connectivity index (χ2v) is 4.63. The van der Waals surface area contributed by atoms with E-state index in [1.807, 2.05) is 0 Å². The fraction of sp³-hybridized carbons (Fsp3) is 0.533. The lowest BCUT2D eigenvalue weighted by Crippen LogP contribution is -2.25. The van der Waals surface area contributed by atoms with Crippen molar-refractivity contribution in [3.63, 3.8) is 0 Å². The first kappa shape index (κ1) is 15.5. The van der Waals surface area contributed by atoms with E-state index in [1.54, 1.807) is 24.3 Å². The molecule has 0 radical (unpaired) electrons. The van der Waals surface area contributed by atoms with E-state index >= 15 is 0 Å². The van der Waals surface area contributed by atoms with Gasteiger partial charge in [0.1, 0.15) is 0 Å². The van der Waals surface area contributed by atoms with Crippen molar-refractivity contribution in [1.82, 2.24) is 5.48 Å². The van der Waals surface area contributed by atoms with Gasteiger partial charge in [0.05, 0.1) is 12.2 Å². The molecule has 0 unspecified atom stereocenters. The summed E-state index contributed by atoms with van der Waals surface area (Å²) in [7, 11) is 0. The number of rotatable bonds is 9. The Balaban J connectivity index is 2.10. The predicted molar refractivity (Wildman–Crippen MR) is 77.6 cm³/mol. The second kappa shape index (κ2) is 9.39. The van der Waals surface area contributed by atoms with Gasteiger partial charge >= 0.3 is 0 Å². The minimum absolute atomic E-state index is 0.288. The number of nitrogens with two attached hydrogens (primary N) is 1. The Morgan fingerprint density at radius 2 is 1.84 bits per heavy atom. The Bertz CT molecular complexity index is 380. The summed E-state index contributed by atoms with van der Waals surface area (Å²) in [4.78, 5) is 16.9. The molecule has 0 aliphatic carbocycles. The number of nitrogens with one attached hydrogen (secondary N) is 1. The summed E-state index contributed by atoms with van der Waals surface area (Å²) in [5, 5.41) is 0. The molecular weight excluding hydrogens is 240 g/mol. The third-order valence-electron chi connectivity index (χ3n) is 2.97. The Hall–Kier alpha value is -1.55. The van der Waals surface area contributed by atoms with E-state index in [2.05, 4.69) is 12.4 Å². The maximum Gasteiger partial charge on any atom is 0.276 e. The molecule has 19 heavy (non-hydrogen) atoms. The van der Waals surface area contributed by atoms with Gasteiger partial charge in [-0.15, -0.1) is 0 Å². The van der Waals surface area contributed by atoms with Gasteiger partial charge in [-0.1, -0.05) is 51.2 Å². The van der Waals surface area contributed by atoms with Crippen molar-refractivity contribution in [2.75, 3.05) is 12.3 Å². The van der Waals surface area contributed by atoms with Crippen LogP contribution < -0.4 is 11.2 Å². The second-order valence-electron chi connectivity index (χ2n) is 4.63. The standard InChI is InChI=1S/C15H24N2O2/c1-2-3-4-5-6-9-12-19-17-15(18)13-10-7-8-11-14(13)16/h7-8,10-11H,2-6,9,12,16H2,1H3,(H,17,18). The number of para-hydroxylation sites is 1. The lowest BCUT2D eigenvalue weighted by atomic mass is 10.1. The van der Waals surface area contributed by atoms with Gasteiger partial charge in [-0.25, -0.2) is 5.48 Å². The number of hydroxylamine groups is 1. The van der Waals surface area contributed by atoms with E-state index in [0.717, 1.165) is 12.8 Å². The number of carbonyl (C=O) groups is 1. The molecule has 0 spiro atoms. The summed E-state index contributed by atoms with van der Waals surface area (Å²) in [6, 6.07) is 6.95. The molecule has 0 saturated carbocycles. The Kier molecular flexibility index (Phi) is 7.66. The topological polar surface area (TPSA) is 64.3 Å². The van der Waals surface area contributed by atoms with Gasteiger partial charge in [-0.2, -0.15) is 0 Å². The van der Waals surface area contributed by atoms with Crippen molar-refractivity contribution in [2.24, 2.45) is 0 Å². The molecule has 1 aromatic carbocycles. The molecule has 0 fully saturated rings. The molecule has 1 rings (SSSR count). The zero-order valence-corrected chi connectivity index (χ0v) is 11.7. The largest absolute Gasteiger partial charge is 0.398 e. The van der Waals surface area contributed by atoms with Crippen LogP contribution in [0.2, 0.25) is 0 Å². The summed E-state index contributed by atoms with van der Waals surface area (Å²) >= 11 is 0. The van der Waals surface area contributed by atoms with E-state index in [1.165, 1.54) is 25.7 Å². The Morgan fingerprint density at radius 1 is 1.16 bits per heavy atom. The fourth-order valence-electron chi connectivity index (χ4n) is 1.83. The van der Waals surface area contributed by atoms with Crippen LogP contribution in [0.1, 0.15) is 55.8 Å². The fourth-order valence-corrected chi connectivity index (χ4v) is 1.83. The zero-order chi connectivity index (χ0) is 13.9. The minimum atomic E-state index is -0.288. The molecule has 0 aliphatic heterocycles. The van der Waals surface area contributed by atoms with Crippen molar-refractivity contribution in [1.29, 1.82) is 0 Å². The highest BCUT2D eigenvalue weighted by Crippen LogP contribution is 2.10. The summed E-state index contributed by atoms with van der Waals surface area (Å²) in [5.74, 6) is -0.288. The normalized spacial score (nSPS) is 10.4. The molecule has 0 bridgehead atoms. The first-order valence-corrected chi connectivity index (χ1v) is 7.02. The predicted octanol–water partition coefficient (Wildman–Crippen LogP) is 3.29. The van der Waals surface area contributed by atoms with E-state index in [-0.39, 0.29) is 5.91 Å². The summed E-state index contributed by atoms with van der Waals surface area (Å²) in [6.45, 7) is 2.75. The van der Waals surface area contributed by atoms with Gasteiger partial charge in [-0.05, 0) is 18.6 Å². The number of benzene rings is 1. The third-order valence-corrected chi connectivity index (χ3v) is 2.97. The molecule has 0 heterocycles. The summed E-state index contributed by atoms with van der Waals surface area (Å²) in [6.07, 6.45) is 7.17. The van der Waals surface area contributed by atoms with Crippen molar-refractivity contribution in [3.05, 3.63) is 29.8 Å². The van der Waals surface area contributed by atoms with Crippen molar-refractivity contribution < 1.29 is 9.63 Å². The maximum absolute atomic E-state index is 11.7. The molecule has 0 aromatic heterocycles. The highest BCUT2D eigenvalue weighted by molar-refractivity contribution is 5.98. The first-order chi connectivity index (χ1) is 9.25. The summed E-state index contributed by atoms with van der Waals surface area (Å²) < 4.78 is 0. The van der Waals surface area contributed by atoms with Gasteiger partial charge in [0, 0.05) is 5.69 Å². The van der Waals surface area contributed by atoms with Gasteiger partial charge < -0.3 is 5.73 Å². The van der Waals surface area contributed by atoms with E-state index < -0.39 is 0 Å². The number of unbranched alkanes of at least 4 members (excludes halogenated alkanes) is 5. The minimum Gasteiger partial charge on any atom is -0.398 e. The van der Waals surface area contributed by atoms with Crippen LogP contribution in [0.15, 0.2) is 24.3 Å². The van der Waals surface area contributed by atoms with Crippen LogP contribution >= 0.6 is 0 Å². The molecule has 4 heteroatoms. The van der Waals surface area contributed by atoms with Gasteiger partial charge in [0.25, 0.3) is 5.91 Å².